The van der Waals surface area contributed by atoms with Crippen molar-refractivity contribution in [2.75, 3.05) is 14.1 Å². The standard InChI is InChI=1S/C5H7N5O/c1-9-4-3(6-8-7-4)5(11)10(9)2/h3H,1-2H3. The number of likely N-dealkylation sites (N-methyl/N-ethyl adjacent to an activating group) is 2. The Morgan fingerprint density at radius 2 is 2.09 bits per heavy atom. The van der Waals surface area contributed by atoms with Crippen LogP contribution in [0.15, 0.2) is 15.4 Å². The van der Waals surface area contributed by atoms with E-state index in [-0.39, 0.29) is 5.91 Å². The molecule has 11 heavy (non-hydrogen) atoms. The molecule has 2 aliphatic heterocycles. The molecular weight excluding hydrogens is 146 g/mol. The molecule has 0 aromatic heterocycles. The van der Waals surface area contributed by atoms with E-state index >= 15 is 0 Å². The van der Waals surface area contributed by atoms with Gasteiger partial charge in [0.05, 0.1) is 0 Å². The van der Waals surface area contributed by atoms with Gasteiger partial charge in [0.1, 0.15) is 0 Å². The lowest BCUT2D eigenvalue weighted by atomic mass is 10.3. The maximum atomic E-state index is 11.2. The lowest BCUT2D eigenvalue weighted by Crippen LogP contribution is -2.34. The second-order valence-electron chi connectivity index (χ2n) is 2.45. The fraction of sp³-hybridized carbons (Fsp3) is 0.600. The van der Waals surface area contributed by atoms with E-state index in [9.17, 15) is 4.79 Å². The van der Waals surface area contributed by atoms with E-state index in [1.54, 1.807) is 19.1 Å². The van der Waals surface area contributed by atoms with Crippen LogP contribution in [-0.2, 0) is 4.79 Å². The summed E-state index contributed by atoms with van der Waals surface area (Å²) in [6.07, 6.45) is 0. The average Bonchev–Trinajstić information content (AvgIpc) is 2.53. The zero-order chi connectivity index (χ0) is 8.01. The van der Waals surface area contributed by atoms with Crippen LogP contribution in [0.4, 0.5) is 0 Å². The highest BCUT2D eigenvalue weighted by atomic mass is 16.2. The third-order valence-electron chi connectivity index (χ3n) is 1.89. The summed E-state index contributed by atoms with van der Waals surface area (Å²) in [5.41, 5.74) is 0. The summed E-state index contributed by atoms with van der Waals surface area (Å²) < 4.78 is 0. The molecule has 0 saturated carbocycles. The fourth-order valence-electron chi connectivity index (χ4n) is 1.11. The molecule has 1 fully saturated rings. The van der Waals surface area contributed by atoms with Crippen molar-refractivity contribution in [3.8, 4) is 0 Å². The van der Waals surface area contributed by atoms with Gasteiger partial charge >= 0.3 is 0 Å². The van der Waals surface area contributed by atoms with E-state index in [0.29, 0.717) is 5.84 Å². The summed E-state index contributed by atoms with van der Waals surface area (Å²) >= 11 is 0. The number of amidine groups is 1. The number of amides is 1. The van der Waals surface area contributed by atoms with Crippen molar-refractivity contribution in [2.24, 2.45) is 15.4 Å². The molecule has 1 atom stereocenters. The van der Waals surface area contributed by atoms with Gasteiger partial charge in [-0.25, -0.2) is 0 Å². The molecule has 2 aliphatic rings. The topological polar surface area (TPSA) is 60.6 Å². The molecule has 6 heteroatoms. The predicted molar refractivity (Wildman–Crippen MR) is 36.6 cm³/mol. The van der Waals surface area contributed by atoms with E-state index in [1.165, 1.54) is 5.01 Å². The lowest BCUT2D eigenvalue weighted by Gasteiger charge is -2.18. The number of carbonyl (C=O) groups excluding carboxylic acids is 1. The van der Waals surface area contributed by atoms with E-state index in [0.717, 1.165) is 0 Å². The summed E-state index contributed by atoms with van der Waals surface area (Å²) in [7, 11) is 3.44. The van der Waals surface area contributed by atoms with Crippen molar-refractivity contribution >= 4 is 11.7 Å². The summed E-state index contributed by atoms with van der Waals surface area (Å²) in [5, 5.41) is 13.9. The molecule has 2 heterocycles. The van der Waals surface area contributed by atoms with Crippen LogP contribution in [0, 0.1) is 0 Å². The molecular formula is C5H7N5O. The maximum absolute atomic E-state index is 11.2. The van der Waals surface area contributed by atoms with Crippen LogP contribution in [0.5, 0.6) is 0 Å². The number of hydrazine groups is 1. The molecule has 1 unspecified atom stereocenters. The number of nitrogens with zero attached hydrogens (tertiary/aromatic N) is 5. The van der Waals surface area contributed by atoms with E-state index in [2.05, 4.69) is 15.4 Å². The number of carbonyl (C=O) groups is 1. The highest BCUT2D eigenvalue weighted by molar-refractivity contribution is 6.12. The zero-order valence-electron chi connectivity index (χ0n) is 6.22. The molecule has 0 N–H and O–H groups in total. The first-order chi connectivity index (χ1) is 5.22. The summed E-state index contributed by atoms with van der Waals surface area (Å²) in [5.74, 6) is 0.532. The summed E-state index contributed by atoms with van der Waals surface area (Å²) in [4.78, 5) is 11.2. The largest absolute Gasteiger partial charge is 0.275 e. The van der Waals surface area contributed by atoms with E-state index in [1.807, 2.05) is 0 Å². The highest BCUT2D eigenvalue weighted by Crippen LogP contribution is 2.19. The van der Waals surface area contributed by atoms with Crippen LogP contribution in [0.25, 0.3) is 0 Å². The van der Waals surface area contributed by atoms with Crippen LogP contribution in [0.2, 0.25) is 0 Å². The van der Waals surface area contributed by atoms with Crippen LogP contribution < -0.4 is 0 Å². The minimum atomic E-state index is -0.481. The van der Waals surface area contributed by atoms with Gasteiger partial charge in [0, 0.05) is 14.1 Å². The van der Waals surface area contributed by atoms with Crippen molar-refractivity contribution in [3.05, 3.63) is 0 Å². The third-order valence-corrected chi connectivity index (χ3v) is 1.89. The zero-order valence-corrected chi connectivity index (χ0v) is 6.22. The van der Waals surface area contributed by atoms with Gasteiger partial charge in [-0.15, -0.1) is 10.2 Å². The Balaban J connectivity index is 2.40. The average molecular weight is 153 g/mol. The Hall–Kier alpha value is -1.46. The summed E-state index contributed by atoms with van der Waals surface area (Å²) in [6.45, 7) is 0. The van der Waals surface area contributed by atoms with Crippen molar-refractivity contribution in [3.63, 3.8) is 0 Å². The number of hydrogen-bond donors (Lipinski definition) is 0. The van der Waals surface area contributed by atoms with E-state index in [4.69, 9.17) is 0 Å². The van der Waals surface area contributed by atoms with Gasteiger partial charge in [-0.1, -0.05) is 0 Å². The number of hydrogen-bond acceptors (Lipinski definition) is 5. The molecule has 2 rings (SSSR count). The van der Waals surface area contributed by atoms with Gasteiger partial charge in [0.25, 0.3) is 5.91 Å². The quantitative estimate of drug-likeness (QED) is 0.469. The summed E-state index contributed by atoms with van der Waals surface area (Å²) in [6, 6.07) is -0.481. The van der Waals surface area contributed by atoms with Crippen LogP contribution in [-0.4, -0.2) is 41.9 Å². The van der Waals surface area contributed by atoms with Gasteiger partial charge in [-0.2, -0.15) is 0 Å². The van der Waals surface area contributed by atoms with Crippen LogP contribution in [0.1, 0.15) is 0 Å². The third kappa shape index (κ3) is 0.607. The van der Waals surface area contributed by atoms with Crippen molar-refractivity contribution in [1.29, 1.82) is 0 Å². The minimum absolute atomic E-state index is 0.0764. The van der Waals surface area contributed by atoms with Gasteiger partial charge in [0.2, 0.25) is 6.04 Å². The smallest absolute Gasteiger partial charge is 0.270 e. The minimum Gasteiger partial charge on any atom is -0.270 e. The van der Waals surface area contributed by atoms with Gasteiger partial charge in [0.15, 0.2) is 5.84 Å². The molecule has 58 valence electrons. The SMILES string of the molecule is CN1C(=O)C2N=NN=C2N1C. The van der Waals surface area contributed by atoms with Gasteiger partial charge in [-0.05, 0) is 5.22 Å². The van der Waals surface area contributed by atoms with Crippen molar-refractivity contribution in [2.45, 2.75) is 6.04 Å². The molecule has 0 aromatic rings. The first-order valence-electron chi connectivity index (χ1n) is 3.20. The Bertz CT molecular complexity index is 270. The maximum Gasteiger partial charge on any atom is 0.275 e. The molecule has 0 radical (unpaired) electrons. The number of fused-ring (bicyclic) bond motifs is 1. The monoisotopic (exact) mass is 153 g/mol. The first-order valence-corrected chi connectivity index (χ1v) is 3.20. The Kier molecular flexibility index (Phi) is 1.01. The second kappa shape index (κ2) is 1.77. The highest BCUT2D eigenvalue weighted by Gasteiger charge is 2.42. The molecule has 1 saturated heterocycles. The van der Waals surface area contributed by atoms with Crippen molar-refractivity contribution < 1.29 is 4.79 Å². The predicted octanol–water partition coefficient (Wildman–Crippen LogP) is -0.547. The van der Waals surface area contributed by atoms with Gasteiger partial charge < -0.3 is 0 Å². The second-order valence-corrected chi connectivity index (χ2v) is 2.45. The molecule has 0 aliphatic carbocycles. The first kappa shape index (κ1) is 6.26. The molecule has 0 bridgehead atoms. The molecule has 1 amide bonds. The van der Waals surface area contributed by atoms with Crippen LogP contribution >= 0.6 is 0 Å². The Labute approximate surface area is 63.2 Å². The lowest BCUT2D eigenvalue weighted by molar-refractivity contribution is -0.134. The fourth-order valence-corrected chi connectivity index (χ4v) is 1.11. The van der Waals surface area contributed by atoms with Crippen molar-refractivity contribution in [1.82, 2.24) is 10.0 Å². The molecule has 0 aromatic carbocycles. The van der Waals surface area contributed by atoms with Gasteiger partial charge in [-0.3, -0.25) is 14.8 Å². The Morgan fingerprint density at radius 1 is 1.36 bits per heavy atom. The normalized spacial score (nSPS) is 28.0. The molecule has 0 spiro atoms. The molecule has 6 nitrogen and oxygen atoms in total. The Morgan fingerprint density at radius 3 is 2.73 bits per heavy atom. The van der Waals surface area contributed by atoms with E-state index < -0.39 is 6.04 Å². The van der Waals surface area contributed by atoms with Crippen LogP contribution in [0.3, 0.4) is 0 Å². The number of rotatable bonds is 0.